The number of carbonyl (C=O) groups is 1. The molecule has 23 heavy (non-hydrogen) atoms. The second-order valence-corrected chi connectivity index (χ2v) is 7.97. The second-order valence-electron chi connectivity index (χ2n) is 6.21. The molecule has 0 aromatic heterocycles. The average molecular weight is 341 g/mol. The van der Waals surface area contributed by atoms with Gasteiger partial charge in [-0.15, -0.1) is 0 Å². The number of likely N-dealkylation sites (N-methyl/N-ethyl adjacent to an activating group) is 1. The quantitative estimate of drug-likeness (QED) is 0.741. The first-order chi connectivity index (χ1) is 10.6. The first-order valence-corrected chi connectivity index (χ1v) is 9.18. The van der Waals surface area contributed by atoms with Crippen molar-refractivity contribution in [2.45, 2.75) is 38.1 Å². The van der Waals surface area contributed by atoms with Crippen molar-refractivity contribution in [3.05, 3.63) is 29.8 Å². The van der Waals surface area contributed by atoms with E-state index in [1.54, 1.807) is 31.3 Å². The summed E-state index contributed by atoms with van der Waals surface area (Å²) in [5, 5.41) is 0. The molecule has 130 valence electrons. The molecule has 1 amide bonds. The van der Waals surface area contributed by atoms with Crippen LogP contribution < -0.4 is 10.5 Å². The van der Waals surface area contributed by atoms with Crippen molar-refractivity contribution in [2.75, 3.05) is 20.1 Å². The van der Waals surface area contributed by atoms with E-state index in [2.05, 4.69) is 4.72 Å². The molecular weight excluding hydrogens is 314 g/mol. The largest absolute Gasteiger partial charge is 0.343 e. The average Bonchev–Trinajstić information content (AvgIpc) is 2.45. The summed E-state index contributed by atoms with van der Waals surface area (Å²) in [6, 6.07) is 6.06. The number of carbonyl (C=O) groups excluding carboxylic acids is 1. The number of sulfonamides is 1. The van der Waals surface area contributed by atoms with Crippen LogP contribution >= 0.6 is 0 Å². The van der Waals surface area contributed by atoms with E-state index in [1.807, 2.05) is 20.8 Å². The zero-order valence-corrected chi connectivity index (χ0v) is 15.1. The molecule has 7 heteroatoms. The molecule has 0 aliphatic heterocycles. The van der Waals surface area contributed by atoms with Crippen LogP contribution in [0.1, 0.15) is 25.8 Å². The van der Waals surface area contributed by atoms with Gasteiger partial charge in [0.2, 0.25) is 15.9 Å². The number of nitrogens with zero attached hydrogens (tertiary/aromatic N) is 1. The molecule has 0 bridgehead atoms. The van der Waals surface area contributed by atoms with Gasteiger partial charge in [-0.05, 0) is 31.4 Å². The van der Waals surface area contributed by atoms with Gasteiger partial charge in [0.25, 0.3) is 0 Å². The number of amides is 1. The van der Waals surface area contributed by atoms with Gasteiger partial charge in [0.15, 0.2) is 0 Å². The number of nitrogens with one attached hydrogen (secondary N) is 1. The van der Waals surface area contributed by atoms with E-state index >= 15 is 0 Å². The Morgan fingerprint density at radius 2 is 1.83 bits per heavy atom. The molecule has 0 unspecified atom stereocenters. The van der Waals surface area contributed by atoms with E-state index in [0.29, 0.717) is 12.3 Å². The molecule has 1 rings (SSSR count). The summed E-state index contributed by atoms with van der Waals surface area (Å²) in [5.74, 6) is 0.163. The van der Waals surface area contributed by atoms with Crippen LogP contribution in [-0.2, 0) is 14.8 Å². The van der Waals surface area contributed by atoms with Crippen LogP contribution in [0.2, 0.25) is 0 Å². The second kappa shape index (κ2) is 8.42. The van der Waals surface area contributed by atoms with Crippen molar-refractivity contribution in [1.29, 1.82) is 0 Å². The number of aryl methyl sites for hydroxylation is 1. The van der Waals surface area contributed by atoms with E-state index in [0.717, 1.165) is 5.56 Å². The Morgan fingerprint density at radius 1 is 1.26 bits per heavy atom. The number of rotatable bonds is 8. The lowest BCUT2D eigenvalue weighted by atomic mass is 10.0. The summed E-state index contributed by atoms with van der Waals surface area (Å²) >= 11 is 0. The molecule has 0 aliphatic rings. The monoisotopic (exact) mass is 341 g/mol. The molecule has 0 heterocycles. The van der Waals surface area contributed by atoms with E-state index in [1.165, 1.54) is 4.90 Å². The summed E-state index contributed by atoms with van der Waals surface area (Å²) < 4.78 is 26.8. The SMILES string of the molecule is Cc1ccc(S(=O)(=O)NCCN(C)C(=O)[C@@H](N)CC(C)C)cc1. The summed E-state index contributed by atoms with van der Waals surface area (Å²) in [5.41, 5.74) is 6.85. The number of hydrogen-bond acceptors (Lipinski definition) is 4. The Hall–Kier alpha value is -1.44. The Morgan fingerprint density at radius 3 is 2.35 bits per heavy atom. The molecule has 0 saturated carbocycles. The minimum absolute atomic E-state index is 0.146. The van der Waals surface area contributed by atoms with Gasteiger partial charge in [-0.25, -0.2) is 13.1 Å². The highest BCUT2D eigenvalue weighted by Gasteiger charge is 2.19. The molecule has 0 saturated heterocycles. The maximum absolute atomic E-state index is 12.1. The lowest BCUT2D eigenvalue weighted by Gasteiger charge is -2.22. The standard InChI is InChI=1S/C16H27N3O3S/c1-12(2)11-15(17)16(20)19(4)10-9-18-23(21,22)14-7-5-13(3)6-8-14/h5-8,12,15,18H,9-11,17H2,1-4H3/t15-/m0/s1. The maximum atomic E-state index is 12.1. The van der Waals surface area contributed by atoms with Gasteiger partial charge in [0.1, 0.15) is 0 Å². The lowest BCUT2D eigenvalue weighted by Crippen LogP contribution is -2.45. The molecule has 1 atom stereocenters. The Kier molecular flexibility index (Phi) is 7.18. The van der Waals surface area contributed by atoms with Crippen molar-refractivity contribution >= 4 is 15.9 Å². The zero-order valence-electron chi connectivity index (χ0n) is 14.2. The van der Waals surface area contributed by atoms with Crippen molar-refractivity contribution in [3.63, 3.8) is 0 Å². The highest BCUT2D eigenvalue weighted by molar-refractivity contribution is 7.89. The number of nitrogens with two attached hydrogens (primary N) is 1. The van der Waals surface area contributed by atoms with Crippen molar-refractivity contribution in [1.82, 2.24) is 9.62 Å². The van der Waals surface area contributed by atoms with Gasteiger partial charge in [0, 0.05) is 20.1 Å². The molecule has 0 radical (unpaired) electrons. The van der Waals surface area contributed by atoms with Gasteiger partial charge in [-0.2, -0.15) is 0 Å². The summed E-state index contributed by atoms with van der Waals surface area (Å²) in [4.78, 5) is 13.7. The first-order valence-electron chi connectivity index (χ1n) is 7.70. The van der Waals surface area contributed by atoms with Crippen molar-refractivity contribution < 1.29 is 13.2 Å². The van der Waals surface area contributed by atoms with Crippen LogP contribution in [0.15, 0.2) is 29.2 Å². The fourth-order valence-electron chi connectivity index (χ4n) is 2.15. The molecular formula is C16H27N3O3S. The van der Waals surface area contributed by atoms with Gasteiger partial charge < -0.3 is 10.6 Å². The smallest absolute Gasteiger partial charge is 0.240 e. The summed E-state index contributed by atoms with van der Waals surface area (Å²) in [6.07, 6.45) is 0.609. The minimum Gasteiger partial charge on any atom is -0.343 e. The topological polar surface area (TPSA) is 92.5 Å². The third-order valence-electron chi connectivity index (χ3n) is 3.49. The number of hydrogen-bond donors (Lipinski definition) is 2. The van der Waals surface area contributed by atoms with E-state index in [4.69, 9.17) is 5.73 Å². The fraction of sp³-hybridized carbons (Fsp3) is 0.562. The lowest BCUT2D eigenvalue weighted by molar-refractivity contribution is -0.131. The molecule has 0 aliphatic carbocycles. The van der Waals surface area contributed by atoms with Crippen molar-refractivity contribution in [2.24, 2.45) is 11.7 Å². The van der Waals surface area contributed by atoms with Crippen molar-refractivity contribution in [3.8, 4) is 0 Å². The van der Waals surface area contributed by atoms with Gasteiger partial charge in [-0.1, -0.05) is 31.5 Å². The van der Waals surface area contributed by atoms with Crippen LogP contribution in [0, 0.1) is 12.8 Å². The van der Waals surface area contributed by atoms with E-state index in [9.17, 15) is 13.2 Å². The molecule has 1 aromatic rings. The van der Waals surface area contributed by atoms with Gasteiger partial charge in [-0.3, -0.25) is 4.79 Å². The molecule has 6 nitrogen and oxygen atoms in total. The first kappa shape index (κ1) is 19.6. The number of benzene rings is 1. The van der Waals surface area contributed by atoms with E-state index in [-0.39, 0.29) is 23.9 Å². The maximum Gasteiger partial charge on any atom is 0.240 e. The summed E-state index contributed by atoms with van der Waals surface area (Å²) in [6.45, 7) is 6.32. The van der Waals surface area contributed by atoms with E-state index < -0.39 is 16.1 Å². The summed E-state index contributed by atoms with van der Waals surface area (Å²) in [7, 11) is -1.93. The molecule has 0 spiro atoms. The fourth-order valence-corrected chi connectivity index (χ4v) is 3.17. The van der Waals surface area contributed by atoms with Gasteiger partial charge >= 0.3 is 0 Å². The van der Waals surface area contributed by atoms with Crippen LogP contribution in [0.5, 0.6) is 0 Å². The predicted molar refractivity (Wildman–Crippen MR) is 91.4 cm³/mol. The molecule has 1 aromatic carbocycles. The highest BCUT2D eigenvalue weighted by Crippen LogP contribution is 2.09. The Bertz CT molecular complexity index is 612. The highest BCUT2D eigenvalue weighted by atomic mass is 32.2. The van der Waals surface area contributed by atoms with Crippen LogP contribution in [0.4, 0.5) is 0 Å². The van der Waals surface area contributed by atoms with Crippen LogP contribution in [0.3, 0.4) is 0 Å². The molecule has 3 N–H and O–H groups in total. The predicted octanol–water partition coefficient (Wildman–Crippen LogP) is 1.11. The Balaban J connectivity index is 2.52. The van der Waals surface area contributed by atoms with Crippen LogP contribution in [0.25, 0.3) is 0 Å². The zero-order chi connectivity index (χ0) is 17.6. The molecule has 0 fully saturated rings. The Labute approximate surface area is 139 Å². The minimum atomic E-state index is -3.56. The van der Waals surface area contributed by atoms with Crippen LogP contribution in [-0.4, -0.2) is 45.4 Å². The third-order valence-corrected chi connectivity index (χ3v) is 4.97. The van der Waals surface area contributed by atoms with Gasteiger partial charge in [0.05, 0.1) is 10.9 Å². The third kappa shape index (κ3) is 6.29. The normalized spacial score (nSPS) is 13.1.